The second kappa shape index (κ2) is 8.24. The fourth-order valence-electron chi connectivity index (χ4n) is 2.67. The zero-order valence-corrected chi connectivity index (χ0v) is 15.5. The Morgan fingerprint density at radius 1 is 1.11 bits per heavy atom. The van der Waals surface area contributed by atoms with Gasteiger partial charge < -0.3 is 24.7 Å². The lowest BCUT2D eigenvalue weighted by molar-refractivity contribution is 0.0991. The van der Waals surface area contributed by atoms with Crippen LogP contribution in [0.4, 0.5) is 23.2 Å². The maximum absolute atomic E-state index is 12.3. The van der Waals surface area contributed by atoms with E-state index in [2.05, 4.69) is 30.7 Å². The first kappa shape index (κ1) is 18.2. The van der Waals surface area contributed by atoms with Crippen molar-refractivity contribution in [2.45, 2.75) is 0 Å². The average Bonchev–Trinajstić information content (AvgIpc) is 3.20. The van der Waals surface area contributed by atoms with Gasteiger partial charge in [-0.3, -0.25) is 4.79 Å². The lowest BCUT2D eigenvalue weighted by atomic mass is 10.3. The van der Waals surface area contributed by atoms with Crippen molar-refractivity contribution in [3.63, 3.8) is 0 Å². The van der Waals surface area contributed by atoms with Crippen LogP contribution in [0.5, 0.6) is 0 Å². The van der Waals surface area contributed by atoms with E-state index in [0.717, 1.165) is 18.9 Å². The van der Waals surface area contributed by atoms with Crippen molar-refractivity contribution in [1.82, 2.24) is 15.2 Å². The smallest absolute Gasteiger partial charge is 0.320 e. The van der Waals surface area contributed by atoms with E-state index in [4.69, 9.17) is 20.8 Å². The number of pyridine rings is 1. The van der Waals surface area contributed by atoms with E-state index in [1.807, 2.05) is 12.1 Å². The number of para-hydroxylation sites is 1. The Balaban J connectivity index is 1.38. The molecule has 1 aromatic carbocycles. The molecule has 1 fully saturated rings. The highest BCUT2D eigenvalue weighted by Gasteiger charge is 2.17. The molecule has 2 aromatic heterocycles. The van der Waals surface area contributed by atoms with Crippen LogP contribution in [0.25, 0.3) is 0 Å². The molecule has 9 nitrogen and oxygen atoms in total. The summed E-state index contributed by atoms with van der Waals surface area (Å²) in [7, 11) is 0. The Hall–Kier alpha value is -3.17. The molecule has 0 aliphatic carbocycles. The summed E-state index contributed by atoms with van der Waals surface area (Å²) in [5.41, 5.74) is 1.13. The van der Waals surface area contributed by atoms with Crippen LogP contribution in [0.3, 0.4) is 0 Å². The van der Waals surface area contributed by atoms with Gasteiger partial charge in [0, 0.05) is 13.1 Å². The number of benzene rings is 1. The van der Waals surface area contributed by atoms with Crippen molar-refractivity contribution >= 4 is 40.7 Å². The number of hydrogen-bond donors (Lipinski definition) is 2. The van der Waals surface area contributed by atoms with E-state index < -0.39 is 5.91 Å². The molecule has 144 valence electrons. The number of carbonyl (C=O) groups excluding carboxylic acids is 1. The molecule has 10 heteroatoms. The molecule has 2 N–H and O–H groups in total. The maximum atomic E-state index is 12.3. The molecule has 0 unspecified atom stereocenters. The standard InChI is InChI=1S/C18H17ClN6O3/c19-13-3-1-2-4-14(13)22-18-24-23-17(28-18)16(26)21-12-5-6-15(20-11-12)25-7-9-27-10-8-25/h1-6,11H,7-10H2,(H,21,26)(H,22,24). The number of nitrogens with one attached hydrogen (secondary N) is 2. The number of amides is 1. The van der Waals surface area contributed by atoms with Gasteiger partial charge in [-0.25, -0.2) is 4.98 Å². The van der Waals surface area contributed by atoms with Gasteiger partial charge in [0.25, 0.3) is 0 Å². The zero-order chi connectivity index (χ0) is 19.3. The molecule has 0 atom stereocenters. The molecule has 0 saturated carbocycles. The third-order valence-corrected chi connectivity index (χ3v) is 4.41. The number of anilines is 4. The quantitative estimate of drug-likeness (QED) is 0.673. The van der Waals surface area contributed by atoms with E-state index >= 15 is 0 Å². The highest BCUT2D eigenvalue weighted by Crippen LogP contribution is 2.24. The number of nitrogens with zero attached hydrogens (tertiary/aromatic N) is 4. The van der Waals surface area contributed by atoms with Gasteiger partial charge in [0.05, 0.1) is 35.8 Å². The van der Waals surface area contributed by atoms with Crippen LogP contribution in [-0.4, -0.2) is 47.4 Å². The minimum atomic E-state index is -0.527. The third-order valence-electron chi connectivity index (χ3n) is 4.08. The van der Waals surface area contributed by atoms with Crippen LogP contribution < -0.4 is 15.5 Å². The first-order valence-corrected chi connectivity index (χ1v) is 9.02. The Morgan fingerprint density at radius 2 is 1.93 bits per heavy atom. The molecule has 4 rings (SSSR count). The van der Waals surface area contributed by atoms with Crippen LogP contribution >= 0.6 is 11.6 Å². The Morgan fingerprint density at radius 3 is 2.68 bits per heavy atom. The first-order chi connectivity index (χ1) is 13.7. The van der Waals surface area contributed by atoms with Gasteiger partial charge in [-0.05, 0) is 24.3 Å². The van der Waals surface area contributed by atoms with Gasteiger partial charge in [-0.15, -0.1) is 5.10 Å². The van der Waals surface area contributed by atoms with Crippen molar-refractivity contribution < 1.29 is 13.9 Å². The largest absolute Gasteiger partial charge is 0.399 e. The van der Waals surface area contributed by atoms with Crippen LogP contribution in [-0.2, 0) is 4.74 Å². The van der Waals surface area contributed by atoms with E-state index in [9.17, 15) is 4.79 Å². The Labute approximate surface area is 165 Å². The highest BCUT2D eigenvalue weighted by molar-refractivity contribution is 6.33. The molecule has 1 saturated heterocycles. The number of ether oxygens (including phenoxy) is 1. The third kappa shape index (κ3) is 4.21. The van der Waals surface area contributed by atoms with Crippen LogP contribution in [0, 0.1) is 0 Å². The maximum Gasteiger partial charge on any atom is 0.320 e. The molecule has 3 aromatic rings. The number of halogens is 1. The second-order valence-electron chi connectivity index (χ2n) is 5.98. The molecule has 0 radical (unpaired) electrons. The van der Waals surface area contributed by atoms with Gasteiger partial charge in [0.15, 0.2) is 0 Å². The van der Waals surface area contributed by atoms with Crippen molar-refractivity contribution in [2.75, 3.05) is 41.8 Å². The summed E-state index contributed by atoms with van der Waals surface area (Å²) in [4.78, 5) is 18.8. The molecule has 0 spiro atoms. The van der Waals surface area contributed by atoms with Gasteiger partial charge in [-0.2, -0.15) is 0 Å². The lowest BCUT2D eigenvalue weighted by Gasteiger charge is -2.27. The number of carbonyl (C=O) groups is 1. The SMILES string of the molecule is O=C(Nc1ccc(N2CCOCC2)nc1)c1nnc(Nc2ccccc2Cl)o1. The summed E-state index contributed by atoms with van der Waals surface area (Å²) in [6, 6.07) is 10.8. The van der Waals surface area contributed by atoms with Crippen molar-refractivity contribution in [3.8, 4) is 0 Å². The van der Waals surface area contributed by atoms with Gasteiger partial charge in [0.2, 0.25) is 0 Å². The molecule has 28 heavy (non-hydrogen) atoms. The molecule has 0 bridgehead atoms. The van der Waals surface area contributed by atoms with Gasteiger partial charge in [0.1, 0.15) is 5.82 Å². The number of aromatic nitrogens is 3. The fourth-order valence-corrected chi connectivity index (χ4v) is 2.85. The zero-order valence-electron chi connectivity index (χ0n) is 14.8. The molecule has 1 aliphatic heterocycles. The Kier molecular flexibility index (Phi) is 5.36. The number of rotatable bonds is 5. The van der Waals surface area contributed by atoms with E-state index in [1.165, 1.54) is 0 Å². The van der Waals surface area contributed by atoms with Crippen molar-refractivity contribution in [3.05, 3.63) is 53.5 Å². The van der Waals surface area contributed by atoms with E-state index in [-0.39, 0.29) is 11.9 Å². The summed E-state index contributed by atoms with van der Waals surface area (Å²) < 4.78 is 10.7. The monoisotopic (exact) mass is 400 g/mol. The predicted octanol–water partition coefficient (Wildman–Crippen LogP) is 2.95. The predicted molar refractivity (Wildman–Crippen MR) is 104 cm³/mol. The summed E-state index contributed by atoms with van der Waals surface area (Å²) in [6.07, 6.45) is 1.59. The molecule has 3 heterocycles. The fraction of sp³-hybridized carbons (Fsp3) is 0.222. The second-order valence-corrected chi connectivity index (χ2v) is 6.38. The van der Waals surface area contributed by atoms with Crippen LogP contribution in [0.2, 0.25) is 5.02 Å². The molecular formula is C18H17ClN6O3. The van der Waals surface area contributed by atoms with Gasteiger partial charge in [-0.1, -0.05) is 28.8 Å². The Bertz CT molecular complexity index is 956. The minimum absolute atomic E-state index is 0.0686. The summed E-state index contributed by atoms with van der Waals surface area (Å²) >= 11 is 6.07. The molecule has 1 amide bonds. The summed E-state index contributed by atoms with van der Waals surface area (Å²) in [5, 5.41) is 13.6. The molecule has 1 aliphatic rings. The normalized spacial score (nSPS) is 14.0. The van der Waals surface area contributed by atoms with Crippen molar-refractivity contribution in [1.29, 1.82) is 0 Å². The van der Waals surface area contributed by atoms with Gasteiger partial charge >= 0.3 is 17.8 Å². The number of hydrogen-bond acceptors (Lipinski definition) is 8. The molecular weight excluding hydrogens is 384 g/mol. The minimum Gasteiger partial charge on any atom is -0.399 e. The van der Waals surface area contributed by atoms with Crippen LogP contribution in [0.15, 0.2) is 47.0 Å². The van der Waals surface area contributed by atoms with Crippen LogP contribution in [0.1, 0.15) is 10.7 Å². The van der Waals surface area contributed by atoms with E-state index in [1.54, 1.807) is 30.5 Å². The van der Waals surface area contributed by atoms with E-state index in [0.29, 0.717) is 29.6 Å². The summed E-state index contributed by atoms with van der Waals surface area (Å²) in [6.45, 7) is 2.95. The lowest BCUT2D eigenvalue weighted by Crippen LogP contribution is -2.36. The first-order valence-electron chi connectivity index (χ1n) is 8.64. The number of morpholine rings is 1. The van der Waals surface area contributed by atoms with Crippen molar-refractivity contribution in [2.24, 2.45) is 0 Å². The summed E-state index contributed by atoms with van der Waals surface area (Å²) in [5.74, 6) is 0.137. The average molecular weight is 401 g/mol. The highest BCUT2D eigenvalue weighted by atomic mass is 35.5. The topological polar surface area (TPSA) is 105 Å².